The van der Waals surface area contributed by atoms with Gasteiger partial charge in [0.2, 0.25) is 0 Å². The van der Waals surface area contributed by atoms with Crippen LogP contribution in [0, 0.1) is 0 Å². The molecule has 1 atom stereocenters. The molecule has 4 nitrogen and oxygen atoms in total. The Morgan fingerprint density at radius 2 is 2.44 bits per heavy atom. The molecule has 1 N–H and O–H groups in total. The molecule has 0 aromatic heterocycles. The molecule has 0 heterocycles. The second-order valence-electron chi connectivity index (χ2n) is 1.65. The Kier molecular flexibility index (Phi) is 4.07. The van der Waals surface area contributed by atoms with Gasteiger partial charge in [-0.3, -0.25) is 0 Å². The zero-order valence-corrected chi connectivity index (χ0v) is 7.46. The predicted octanol–water partition coefficient (Wildman–Crippen LogP) is -0.633. The van der Waals surface area contributed by atoms with E-state index in [0.29, 0.717) is 17.1 Å². The van der Waals surface area contributed by atoms with Gasteiger partial charge >= 0.3 is 6.16 Å². The van der Waals surface area contributed by atoms with E-state index in [0.717, 1.165) is 0 Å². The SMILES string of the molecule is CC(CO[SiH3])OC(=O)O. The largest absolute Gasteiger partial charge is 0.506 e. The second-order valence-corrected chi connectivity index (χ2v) is 2.23. The summed E-state index contributed by atoms with van der Waals surface area (Å²) in [5.41, 5.74) is 0. The van der Waals surface area contributed by atoms with Crippen molar-refractivity contribution in [2.24, 2.45) is 0 Å². The fourth-order valence-electron chi connectivity index (χ4n) is 0.441. The Labute approximate surface area is 56.3 Å². The average Bonchev–Trinajstić information content (AvgIpc) is 1.63. The third-order valence-corrected chi connectivity index (χ3v) is 1.04. The van der Waals surface area contributed by atoms with Gasteiger partial charge in [0.15, 0.2) is 0 Å². The normalized spacial score (nSPS) is 13.0. The molecule has 0 fully saturated rings. The minimum Gasteiger partial charge on any atom is -0.450 e. The van der Waals surface area contributed by atoms with Crippen LogP contribution in [0.2, 0.25) is 0 Å². The number of rotatable bonds is 3. The molecule has 9 heavy (non-hydrogen) atoms. The van der Waals surface area contributed by atoms with E-state index in [-0.39, 0.29) is 6.10 Å². The van der Waals surface area contributed by atoms with Crippen molar-refractivity contribution in [3.8, 4) is 0 Å². The lowest BCUT2D eigenvalue weighted by Crippen LogP contribution is -2.18. The molecule has 0 radical (unpaired) electrons. The van der Waals surface area contributed by atoms with Crippen LogP contribution in [0.15, 0.2) is 0 Å². The molecule has 0 saturated carbocycles. The molecule has 1 unspecified atom stereocenters. The van der Waals surface area contributed by atoms with E-state index in [1.54, 1.807) is 6.92 Å². The van der Waals surface area contributed by atoms with Gasteiger partial charge in [-0.2, -0.15) is 0 Å². The van der Waals surface area contributed by atoms with Crippen molar-refractivity contribution >= 4 is 16.6 Å². The number of hydrogen-bond donors (Lipinski definition) is 1. The van der Waals surface area contributed by atoms with Crippen molar-refractivity contribution in [3.05, 3.63) is 0 Å². The topological polar surface area (TPSA) is 55.8 Å². The van der Waals surface area contributed by atoms with E-state index >= 15 is 0 Å². The first kappa shape index (κ1) is 8.45. The first-order valence-corrected chi connectivity index (χ1v) is 3.37. The summed E-state index contributed by atoms with van der Waals surface area (Å²) in [7, 11) is 0.614. The number of ether oxygens (including phenoxy) is 1. The molecular weight excluding hydrogens is 140 g/mol. The molecule has 0 saturated heterocycles. The van der Waals surface area contributed by atoms with Gasteiger partial charge < -0.3 is 14.3 Å². The summed E-state index contributed by atoms with van der Waals surface area (Å²) >= 11 is 0. The van der Waals surface area contributed by atoms with Crippen LogP contribution >= 0.6 is 0 Å². The molecule has 0 aliphatic carbocycles. The summed E-state index contributed by atoms with van der Waals surface area (Å²) < 4.78 is 9.06. The van der Waals surface area contributed by atoms with Crippen LogP contribution in [0.3, 0.4) is 0 Å². The minimum absolute atomic E-state index is 0.347. The Morgan fingerprint density at radius 1 is 1.89 bits per heavy atom. The Balaban J connectivity index is 3.26. The van der Waals surface area contributed by atoms with E-state index < -0.39 is 6.16 Å². The molecule has 0 aliphatic rings. The van der Waals surface area contributed by atoms with Crippen LogP contribution in [0.5, 0.6) is 0 Å². The highest BCUT2D eigenvalue weighted by Crippen LogP contribution is 1.89. The zero-order valence-electron chi connectivity index (χ0n) is 5.46. The van der Waals surface area contributed by atoms with Gasteiger partial charge in [-0.15, -0.1) is 0 Å². The van der Waals surface area contributed by atoms with E-state index in [9.17, 15) is 4.79 Å². The Hall–Kier alpha value is -0.553. The first-order chi connectivity index (χ1) is 4.16. The van der Waals surface area contributed by atoms with Gasteiger partial charge in [0, 0.05) is 0 Å². The third kappa shape index (κ3) is 5.32. The van der Waals surface area contributed by atoms with Crippen molar-refractivity contribution in [2.75, 3.05) is 6.61 Å². The maximum Gasteiger partial charge on any atom is 0.506 e. The Bertz CT molecular complexity index is 94.6. The molecule has 5 heteroatoms. The fraction of sp³-hybridized carbons (Fsp3) is 0.750. The number of carboxylic acid groups (broad SMARTS) is 1. The predicted molar refractivity (Wildman–Crippen MR) is 34.5 cm³/mol. The number of carbonyl (C=O) groups is 1. The van der Waals surface area contributed by atoms with Crippen molar-refractivity contribution in [1.29, 1.82) is 0 Å². The van der Waals surface area contributed by atoms with Gasteiger partial charge in [-0.05, 0) is 6.92 Å². The molecule has 0 amide bonds. The molecule has 54 valence electrons. The fourth-order valence-corrected chi connectivity index (χ4v) is 0.910. The summed E-state index contributed by atoms with van der Waals surface area (Å²) in [6.45, 7) is 2.00. The van der Waals surface area contributed by atoms with E-state index in [1.807, 2.05) is 0 Å². The highest BCUT2D eigenvalue weighted by molar-refractivity contribution is 5.97. The van der Waals surface area contributed by atoms with Crippen LogP contribution in [0.1, 0.15) is 6.92 Å². The minimum atomic E-state index is -1.25. The summed E-state index contributed by atoms with van der Waals surface area (Å²) in [6, 6.07) is 0. The van der Waals surface area contributed by atoms with Crippen LogP contribution < -0.4 is 0 Å². The average molecular weight is 150 g/mol. The molecule has 0 aromatic rings. The first-order valence-electron chi connectivity index (χ1n) is 2.55. The van der Waals surface area contributed by atoms with E-state index in [2.05, 4.69) is 4.74 Å². The molecule has 0 aliphatic heterocycles. The van der Waals surface area contributed by atoms with Gasteiger partial charge in [0.1, 0.15) is 16.6 Å². The van der Waals surface area contributed by atoms with Crippen molar-refractivity contribution in [2.45, 2.75) is 13.0 Å². The van der Waals surface area contributed by atoms with Gasteiger partial charge in [-0.1, -0.05) is 0 Å². The molecule has 0 rings (SSSR count). The van der Waals surface area contributed by atoms with Crippen molar-refractivity contribution in [1.82, 2.24) is 0 Å². The van der Waals surface area contributed by atoms with Gasteiger partial charge in [0.05, 0.1) is 6.61 Å². The summed E-state index contributed by atoms with van der Waals surface area (Å²) in [4.78, 5) is 9.82. The third-order valence-electron chi connectivity index (χ3n) is 0.703. The van der Waals surface area contributed by atoms with Crippen LogP contribution in [0.4, 0.5) is 4.79 Å². The van der Waals surface area contributed by atoms with Crippen LogP contribution in [-0.2, 0) is 9.16 Å². The van der Waals surface area contributed by atoms with Gasteiger partial charge in [-0.25, -0.2) is 4.79 Å². The lowest BCUT2D eigenvalue weighted by atomic mass is 10.4. The second kappa shape index (κ2) is 4.34. The lowest BCUT2D eigenvalue weighted by Gasteiger charge is -2.07. The monoisotopic (exact) mass is 150 g/mol. The summed E-state index contributed by atoms with van der Waals surface area (Å²) in [5.74, 6) is 0. The molecule has 0 bridgehead atoms. The highest BCUT2D eigenvalue weighted by Gasteiger charge is 2.04. The van der Waals surface area contributed by atoms with E-state index in [4.69, 9.17) is 9.53 Å². The maximum atomic E-state index is 9.82. The lowest BCUT2D eigenvalue weighted by molar-refractivity contribution is 0.0396. The van der Waals surface area contributed by atoms with Crippen LogP contribution in [0.25, 0.3) is 0 Å². The van der Waals surface area contributed by atoms with E-state index in [1.165, 1.54) is 0 Å². The standard InChI is InChI=1S/C4H10O4Si/c1-3(2-7-9)8-4(5)6/h3H,2H2,1,9H3,(H,5,6). The highest BCUT2D eigenvalue weighted by atomic mass is 28.2. The number of hydrogen-bond acceptors (Lipinski definition) is 3. The smallest absolute Gasteiger partial charge is 0.450 e. The van der Waals surface area contributed by atoms with Crippen molar-refractivity contribution in [3.63, 3.8) is 0 Å². The molecule has 0 spiro atoms. The maximum absolute atomic E-state index is 9.82. The van der Waals surface area contributed by atoms with Gasteiger partial charge in [0.25, 0.3) is 0 Å². The van der Waals surface area contributed by atoms with Crippen LogP contribution in [-0.4, -0.2) is 34.5 Å². The summed E-state index contributed by atoms with van der Waals surface area (Å²) in [5, 5.41) is 8.04. The zero-order chi connectivity index (χ0) is 7.28. The molecule has 0 aromatic carbocycles. The molecular formula is C4H10O4Si. The quantitative estimate of drug-likeness (QED) is 0.430. The summed E-state index contributed by atoms with van der Waals surface area (Å²) in [6.07, 6.45) is -1.60. The Morgan fingerprint density at radius 3 is 2.78 bits per heavy atom. The van der Waals surface area contributed by atoms with Crippen molar-refractivity contribution < 1.29 is 19.1 Å².